The minimum atomic E-state index is -3.97. The van der Waals surface area contributed by atoms with Gasteiger partial charge in [0.15, 0.2) is 0 Å². The van der Waals surface area contributed by atoms with Crippen LogP contribution in [0.25, 0.3) is 0 Å². The van der Waals surface area contributed by atoms with Crippen molar-refractivity contribution in [3.63, 3.8) is 0 Å². The van der Waals surface area contributed by atoms with Gasteiger partial charge < -0.3 is 0 Å². The second-order valence-corrected chi connectivity index (χ2v) is 9.98. The molecule has 0 bridgehead atoms. The fourth-order valence-electron chi connectivity index (χ4n) is 5.83. The number of alkyl halides is 3. The second kappa shape index (κ2) is 13.2. The monoisotopic (exact) mass is 402 g/mol. The second-order valence-electron chi connectivity index (χ2n) is 9.98. The highest BCUT2D eigenvalue weighted by atomic mass is 19.4. The maximum Gasteiger partial charge on any atom is 0.389 e. The van der Waals surface area contributed by atoms with Gasteiger partial charge in [0, 0.05) is 6.42 Å². The third kappa shape index (κ3) is 10.0. The molecule has 2 saturated carbocycles. The molecule has 166 valence electrons. The van der Waals surface area contributed by atoms with Crippen molar-refractivity contribution in [2.45, 2.75) is 135 Å². The summed E-state index contributed by atoms with van der Waals surface area (Å²) < 4.78 is 37.2. The number of halogens is 3. The van der Waals surface area contributed by atoms with Crippen LogP contribution in [0.3, 0.4) is 0 Å². The molecule has 28 heavy (non-hydrogen) atoms. The Bertz CT molecular complexity index is 374. The van der Waals surface area contributed by atoms with Crippen LogP contribution in [0.4, 0.5) is 13.2 Å². The Kier molecular flexibility index (Phi) is 11.3. The van der Waals surface area contributed by atoms with E-state index in [-0.39, 0.29) is 0 Å². The summed E-state index contributed by atoms with van der Waals surface area (Å²) in [5, 5.41) is 0. The van der Waals surface area contributed by atoms with Crippen molar-refractivity contribution in [3.8, 4) is 0 Å². The first kappa shape index (κ1) is 24.1. The molecule has 0 aromatic rings. The summed E-state index contributed by atoms with van der Waals surface area (Å²) in [6, 6.07) is 0. The topological polar surface area (TPSA) is 0 Å². The van der Waals surface area contributed by atoms with Crippen LogP contribution in [0.15, 0.2) is 0 Å². The van der Waals surface area contributed by atoms with Gasteiger partial charge in [-0.05, 0) is 55.8 Å². The average Bonchev–Trinajstić information content (AvgIpc) is 2.69. The average molecular weight is 403 g/mol. The van der Waals surface area contributed by atoms with Gasteiger partial charge in [0.1, 0.15) is 0 Å². The van der Waals surface area contributed by atoms with E-state index in [1.165, 1.54) is 96.3 Å². The van der Waals surface area contributed by atoms with Gasteiger partial charge in [-0.1, -0.05) is 90.4 Å². The van der Waals surface area contributed by atoms with E-state index in [1.54, 1.807) is 0 Å². The highest BCUT2D eigenvalue weighted by Gasteiger charge is 2.33. The van der Waals surface area contributed by atoms with Gasteiger partial charge in [0.05, 0.1) is 0 Å². The molecule has 0 heterocycles. The van der Waals surface area contributed by atoms with E-state index in [0.29, 0.717) is 12.3 Å². The van der Waals surface area contributed by atoms with Gasteiger partial charge in [-0.25, -0.2) is 0 Å². The zero-order valence-corrected chi connectivity index (χ0v) is 18.4. The summed E-state index contributed by atoms with van der Waals surface area (Å²) in [7, 11) is 0. The van der Waals surface area contributed by atoms with Gasteiger partial charge >= 0.3 is 6.18 Å². The first-order valence-electron chi connectivity index (χ1n) is 12.5. The Hall–Kier alpha value is -0.210. The summed E-state index contributed by atoms with van der Waals surface area (Å²) in [4.78, 5) is 0. The molecule has 0 aliphatic heterocycles. The predicted molar refractivity (Wildman–Crippen MR) is 113 cm³/mol. The Morgan fingerprint density at radius 1 is 0.571 bits per heavy atom. The summed E-state index contributed by atoms with van der Waals surface area (Å²) in [5.41, 5.74) is 0. The van der Waals surface area contributed by atoms with Crippen LogP contribution >= 0.6 is 0 Å². The van der Waals surface area contributed by atoms with Crippen molar-refractivity contribution in [3.05, 3.63) is 0 Å². The smallest absolute Gasteiger partial charge is 0.171 e. The van der Waals surface area contributed by atoms with Crippen molar-refractivity contribution in [2.24, 2.45) is 23.7 Å². The maximum absolute atomic E-state index is 12.4. The van der Waals surface area contributed by atoms with Crippen LogP contribution < -0.4 is 0 Å². The van der Waals surface area contributed by atoms with Gasteiger partial charge in [-0.2, -0.15) is 13.2 Å². The molecule has 0 nitrogen and oxygen atoms in total. The summed E-state index contributed by atoms with van der Waals surface area (Å²) in [6.45, 7) is 2.28. The zero-order valence-electron chi connectivity index (χ0n) is 18.4. The van der Waals surface area contributed by atoms with Gasteiger partial charge in [-0.15, -0.1) is 0 Å². The molecular weight excluding hydrogens is 357 g/mol. The van der Waals surface area contributed by atoms with Crippen LogP contribution in [0.5, 0.6) is 0 Å². The van der Waals surface area contributed by atoms with Gasteiger partial charge in [0.2, 0.25) is 0 Å². The molecule has 2 rings (SSSR count). The van der Waals surface area contributed by atoms with Crippen molar-refractivity contribution < 1.29 is 13.2 Å². The number of hydrogen-bond acceptors (Lipinski definition) is 0. The van der Waals surface area contributed by atoms with Crippen molar-refractivity contribution >= 4 is 0 Å². The summed E-state index contributed by atoms with van der Waals surface area (Å²) in [6.07, 6.45) is 18.6. The number of rotatable bonds is 12. The molecular formula is C25H45F3. The molecule has 0 amide bonds. The molecule has 0 atom stereocenters. The summed E-state index contributed by atoms with van der Waals surface area (Å²) >= 11 is 0. The van der Waals surface area contributed by atoms with Gasteiger partial charge in [-0.3, -0.25) is 0 Å². The van der Waals surface area contributed by atoms with Crippen LogP contribution in [0.1, 0.15) is 129 Å². The van der Waals surface area contributed by atoms with Crippen LogP contribution in [0, 0.1) is 23.7 Å². The third-order valence-corrected chi connectivity index (χ3v) is 7.75. The molecule has 2 fully saturated rings. The normalized spacial score (nSPS) is 29.1. The fraction of sp³-hybridized carbons (Fsp3) is 1.00. The van der Waals surface area contributed by atoms with E-state index >= 15 is 0 Å². The standard InChI is InChI=1S/C25H45F3/c1-2-3-4-5-6-7-8-9-10-21-11-15-23(16-12-21)24-17-13-22(14-18-24)19-20-25(26,27)28/h21-24H,2-20H2,1H3/t21-,22-,23-,24-. The van der Waals surface area contributed by atoms with E-state index in [0.717, 1.165) is 30.6 Å². The molecule has 0 aromatic heterocycles. The first-order valence-corrected chi connectivity index (χ1v) is 12.5. The lowest BCUT2D eigenvalue weighted by molar-refractivity contribution is -0.138. The quantitative estimate of drug-likeness (QED) is 0.285. The van der Waals surface area contributed by atoms with Crippen molar-refractivity contribution in [1.82, 2.24) is 0 Å². The minimum absolute atomic E-state index is 0.330. The molecule has 3 heteroatoms. The van der Waals surface area contributed by atoms with E-state index < -0.39 is 12.6 Å². The molecule has 0 saturated heterocycles. The number of unbranched alkanes of at least 4 members (excludes halogenated alkanes) is 7. The highest BCUT2D eigenvalue weighted by molar-refractivity contribution is 4.82. The van der Waals surface area contributed by atoms with E-state index in [1.807, 2.05) is 0 Å². The molecule has 0 unspecified atom stereocenters. The van der Waals surface area contributed by atoms with Gasteiger partial charge in [0.25, 0.3) is 0 Å². The van der Waals surface area contributed by atoms with Crippen molar-refractivity contribution in [2.75, 3.05) is 0 Å². The SMILES string of the molecule is CCCCCCCCCC[C@H]1CC[C@H]([C@H]2CC[C@H](CCC(F)(F)F)CC2)CC1. The van der Waals surface area contributed by atoms with Crippen LogP contribution in [0.2, 0.25) is 0 Å². The van der Waals surface area contributed by atoms with Crippen LogP contribution in [-0.2, 0) is 0 Å². The summed E-state index contributed by atoms with van der Waals surface area (Å²) in [5.74, 6) is 2.97. The third-order valence-electron chi connectivity index (χ3n) is 7.75. The first-order chi connectivity index (χ1) is 13.5. The number of hydrogen-bond donors (Lipinski definition) is 0. The molecule has 2 aliphatic carbocycles. The largest absolute Gasteiger partial charge is 0.389 e. The maximum atomic E-state index is 12.4. The van der Waals surface area contributed by atoms with E-state index in [4.69, 9.17) is 0 Å². The molecule has 0 spiro atoms. The molecule has 0 radical (unpaired) electrons. The molecule has 0 aromatic carbocycles. The van der Waals surface area contributed by atoms with Crippen LogP contribution in [-0.4, -0.2) is 6.18 Å². The molecule has 2 aliphatic rings. The Labute approximate surface area is 172 Å². The van der Waals surface area contributed by atoms with Crippen molar-refractivity contribution in [1.29, 1.82) is 0 Å². The van der Waals surface area contributed by atoms with E-state index in [9.17, 15) is 13.2 Å². The predicted octanol–water partition coefficient (Wildman–Crippen LogP) is 9.47. The Morgan fingerprint density at radius 3 is 1.46 bits per heavy atom. The zero-order chi connectivity index (χ0) is 20.2. The lowest BCUT2D eigenvalue weighted by Crippen LogP contribution is -2.26. The lowest BCUT2D eigenvalue weighted by Gasteiger charge is -2.38. The molecule has 0 N–H and O–H groups in total. The highest BCUT2D eigenvalue weighted by Crippen LogP contribution is 2.43. The fourth-order valence-corrected chi connectivity index (χ4v) is 5.83. The lowest BCUT2D eigenvalue weighted by atomic mass is 9.68. The van der Waals surface area contributed by atoms with E-state index in [2.05, 4.69) is 6.92 Å². The Balaban J connectivity index is 1.49. The minimum Gasteiger partial charge on any atom is -0.171 e. The Morgan fingerprint density at radius 2 is 1.00 bits per heavy atom.